The van der Waals surface area contributed by atoms with Crippen molar-refractivity contribution < 1.29 is 56.9 Å². The summed E-state index contributed by atoms with van der Waals surface area (Å²) in [5.41, 5.74) is -0.507. The summed E-state index contributed by atoms with van der Waals surface area (Å²) in [6.45, 7) is 17.5. The first-order valence-electron chi connectivity index (χ1n) is 17.4. The minimum Gasteiger partial charge on any atom is -0.458 e. The molecule has 0 bridgehead atoms. The van der Waals surface area contributed by atoms with Crippen LogP contribution in [0.5, 0.6) is 0 Å². The van der Waals surface area contributed by atoms with Gasteiger partial charge >= 0.3 is 5.97 Å². The average Bonchev–Trinajstić information content (AvgIpc) is 3.01. The summed E-state index contributed by atoms with van der Waals surface area (Å²) in [6, 6.07) is 0. The van der Waals surface area contributed by atoms with Gasteiger partial charge in [-0.15, -0.1) is 0 Å². The van der Waals surface area contributed by atoms with E-state index in [-0.39, 0.29) is 12.6 Å². The molecule has 0 aliphatic carbocycles. The molecule has 0 atom stereocenters. The number of unbranched alkanes of at least 4 members (excludes halogenated alkanes) is 7. The molecule has 0 heterocycles. The Hall–Kier alpha value is -0.930. The summed E-state index contributed by atoms with van der Waals surface area (Å²) in [5, 5.41) is 0. The van der Waals surface area contributed by atoms with Crippen molar-refractivity contribution in [2.45, 2.75) is 84.7 Å². The molecule has 0 aliphatic heterocycles. The summed E-state index contributed by atoms with van der Waals surface area (Å²) >= 11 is 0. The highest BCUT2D eigenvalue weighted by Gasteiger charge is 2.15. The zero-order valence-corrected chi connectivity index (χ0v) is 29.7. The van der Waals surface area contributed by atoms with Crippen molar-refractivity contribution in [1.82, 2.24) is 0 Å². The van der Waals surface area contributed by atoms with Crippen LogP contribution >= 0.6 is 0 Å². The van der Waals surface area contributed by atoms with Crippen LogP contribution in [0.25, 0.3) is 0 Å². The smallest absolute Gasteiger partial charge is 0.332 e. The van der Waals surface area contributed by atoms with Crippen molar-refractivity contribution in [3.05, 3.63) is 0 Å². The van der Waals surface area contributed by atoms with Crippen LogP contribution in [0.4, 0.5) is 0 Å². The Morgan fingerprint density at radius 1 is 0.370 bits per heavy atom. The predicted molar refractivity (Wildman–Crippen MR) is 177 cm³/mol. The van der Waals surface area contributed by atoms with Crippen molar-refractivity contribution in [1.29, 1.82) is 0 Å². The molecule has 0 rings (SSSR count). The van der Waals surface area contributed by atoms with E-state index < -0.39 is 5.60 Å². The average molecular weight is 669 g/mol. The van der Waals surface area contributed by atoms with E-state index in [0.717, 1.165) is 13.0 Å². The predicted octanol–water partition coefficient (Wildman–Crippen LogP) is 4.63. The van der Waals surface area contributed by atoms with Crippen LogP contribution in [0.1, 0.15) is 79.1 Å². The van der Waals surface area contributed by atoms with Gasteiger partial charge < -0.3 is 52.1 Å². The molecule has 0 fully saturated rings. The molecule has 46 heavy (non-hydrogen) atoms. The fourth-order valence-corrected chi connectivity index (χ4v) is 3.84. The molecule has 0 aliphatic rings. The molecule has 0 aromatic heterocycles. The first-order valence-corrected chi connectivity index (χ1v) is 17.4. The van der Waals surface area contributed by atoms with Crippen LogP contribution in [0.3, 0.4) is 0 Å². The van der Waals surface area contributed by atoms with E-state index in [4.69, 9.17) is 52.1 Å². The second-order valence-corrected chi connectivity index (χ2v) is 11.6. The van der Waals surface area contributed by atoms with Crippen molar-refractivity contribution in [3.63, 3.8) is 0 Å². The Morgan fingerprint density at radius 3 is 0.935 bits per heavy atom. The monoisotopic (exact) mass is 668 g/mol. The summed E-state index contributed by atoms with van der Waals surface area (Å²) < 4.78 is 59.8. The van der Waals surface area contributed by atoms with Crippen LogP contribution in [0, 0.1) is 0 Å². The van der Waals surface area contributed by atoms with Crippen LogP contribution in [-0.4, -0.2) is 144 Å². The number of ether oxygens (including phenoxy) is 11. The summed E-state index contributed by atoms with van der Waals surface area (Å²) in [7, 11) is 0. The van der Waals surface area contributed by atoms with E-state index in [1.165, 1.54) is 44.9 Å². The standard InChI is InChI=1S/C34H68O12/c1-5-6-7-8-9-10-11-12-13-36-14-15-37-16-17-38-18-19-39-20-21-40-22-23-41-24-25-42-26-27-43-28-29-44-30-31-45-32-33(35)46-34(2,3)4/h5-32H2,1-4H3. The largest absolute Gasteiger partial charge is 0.458 e. The third-order valence-electron chi connectivity index (χ3n) is 6.13. The summed E-state index contributed by atoms with van der Waals surface area (Å²) in [6.07, 6.45) is 10.5. The van der Waals surface area contributed by atoms with Gasteiger partial charge in [-0.2, -0.15) is 0 Å². The molecule has 0 radical (unpaired) electrons. The number of carbonyl (C=O) groups excluding carboxylic acids is 1. The van der Waals surface area contributed by atoms with Crippen LogP contribution < -0.4 is 0 Å². The molecule has 0 aromatic rings. The molecule has 12 heteroatoms. The second-order valence-electron chi connectivity index (χ2n) is 11.6. The van der Waals surface area contributed by atoms with Crippen molar-refractivity contribution >= 4 is 5.97 Å². The lowest BCUT2D eigenvalue weighted by molar-refractivity contribution is -0.160. The van der Waals surface area contributed by atoms with Gasteiger partial charge in [-0.05, 0) is 27.2 Å². The lowest BCUT2D eigenvalue weighted by Crippen LogP contribution is -2.27. The van der Waals surface area contributed by atoms with Gasteiger partial charge in [-0.25, -0.2) is 4.79 Å². The second kappa shape index (κ2) is 36.9. The Morgan fingerprint density at radius 2 is 0.630 bits per heavy atom. The SMILES string of the molecule is CCCCCCCCCCOCCOCCOCCOCCOCCOCCOCCOCCOCCOCC(=O)OC(C)(C)C. The molecule has 12 nitrogen and oxygen atoms in total. The molecule has 276 valence electrons. The number of carbonyl (C=O) groups is 1. The third kappa shape index (κ3) is 41.1. The van der Waals surface area contributed by atoms with Gasteiger partial charge in [0.15, 0.2) is 0 Å². The molecular weight excluding hydrogens is 600 g/mol. The Bertz CT molecular complexity index is 603. The van der Waals surface area contributed by atoms with Gasteiger partial charge in [0.25, 0.3) is 0 Å². The Labute approximate surface area is 279 Å². The van der Waals surface area contributed by atoms with Crippen LogP contribution in [-0.2, 0) is 56.9 Å². The Kier molecular flexibility index (Phi) is 36.2. The highest BCUT2D eigenvalue weighted by atomic mass is 16.6. The van der Waals surface area contributed by atoms with E-state index in [1.54, 1.807) is 0 Å². The van der Waals surface area contributed by atoms with E-state index in [2.05, 4.69) is 6.92 Å². The van der Waals surface area contributed by atoms with Crippen molar-refractivity contribution in [2.75, 3.05) is 132 Å². The van der Waals surface area contributed by atoms with Crippen molar-refractivity contribution in [3.8, 4) is 0 Å². The molecule has 0 aromatic carbocycles. The number of hydrogen-bond acceptors (Lipinski definition) is 12. The molecule has 0 saturated heterocycles. The molecule has 0 amide bonds. The first kappa shape index (κ1) is 45.1. The topological polar surface area (TPSA) is 119 Å². The number of esters is 1. The molecule has 0 N–H and O–H groups in total. The quantitative estimate of drug-likeness (QED) is 0.0674. The van der Waals surface area contributed by atoms with Gasteiger partial charge in [-0.1, -0.05) is 51.9 Å². The molecule has 0 spiro atoms. The maximum atomic E-state index is 11.5. The Balaban J connectivity index is 3.09. The molecule has 0 unspecified atom stereocenters. The minimum absolute atomic E-state index is 0.0787. The minimum atomic E-state index is -0.507. The summed E-state index contributed by atoms with van der Waals surface area (Å²) in [4.78, 5) is 11.5. The lowest BCUT2D eigenvalue weighted by Gasteiger charge is -2.19. The molecule has 0 saturated carbocycles. The fourth-order valence-electron chi connectivity index (χ4n) is 3.84. The lowest BCUT2D eigenvalue weighted by atomic mass is 10.1. The van der Waals surface area contributed by atoms with Gasteiger partial charge in [-0.3, -0.25) is 0 Å². The maximum absolute atomic E-state index is 11.5. The van der Waals surface area contributed by atoms with Crippen molar-refractivity contribution in [2.24, 2.45) is 0 Å². The first-order chi connectivity index (χ1) is 22.5. The van der Waals surface area contributed by atoms with Gasteiger partial charge in [0.2, 0.25) is 0 Å². The van der Waals surface area contributed by atoms with E-state index >= 15 is 0 Å². The number of hydrogen-bond donors (Lipinski definition) is 0. The highest BCUT2D eigenvalue weighted by molar-refractivity contribution is 5.71. The van der Waals surface area contributed by atoms with Gasteiger partial charge in [0.05, 0.1) is 119 Å². The van der Waals surface area contributed by atoms with E-state index in [0.29, 0.717) is 119 Å². The summed E-state index contributed by atoms with van der Waals surface area (Å²) in [5.74, 6) is -0.383. The van der Waals surface area contributed by atoms with E-state index in [9.17, 15) is 4.79 Å². The zero-order chi connectivity index (χ0) is 33.7. The maximum Gasteiger partial charge on any atom is 0.332 e. The van der Waals surface area contributed by atoms with E-state index in [1.807, 2.05) is 20.8 Å². The third-order valence-corrected chi connectivity index (χ3v) is 6.13. The number of rotatable bonds is 38. The van der Waals surface area contributed by atoms with Crippen LogP contribution in [0.2, 0.25) is 0 Å². The van der Waals surface area contributed by atoms with Crippen LogP contribution in [0.15, 0.2) is 0 Å². The normalized spacial score (nSPS) is 11.8. The highest BCUT2D eigenvalue weighted by Crippen LogP contribution is 2.08. The zero-order valence-electron chi connectivity index (χ0n) is 29.7. The van der Waals surface area contributed by atoms with Gasteiger partial charge in [0, 0.05) is 6.61 Å². The van der Waals surface area contributed by atoms with Gasteiger partial charge in [0.1, 0.15) is 12.2 Å². The molecular formula is C34H68O12. The fraction of sp³-hybridized carbons (Fsp3) is 0.971.